The zero-order valence-corrected chi connectivity index (χ0v) is 5.31. The minimum atomic E-state index is -0.660. The van der Waals surface area contributed by atoms with E-state index in [9.17, 15) is 4.79 Å². The van der Waals surface area contributed by atoms with Crippen LogP contribution >= 0.6 is 0 Å². The van der Waals surface area contributed by atoms with Gasteiger partial charge >= 0.3 is 5.97 Å². The first-order valence-electron chi connectivity index (χ1n) is 3.34. The van der Waals surface area contributed by atoms with E-state index in [1.54, 1.807) is 0 Å². The molecule has 0 N–H and O–H groups in total. The van der Waals surface area contributed by atoms with Crippen molar-refractivity contribution in [2.24, 2.45) is 0 Å². The van der Waals surface area contributed by atoms with Crippen LogP contribution in [0.25, 0.3) is 0 Å². The van der Waals surface area contributed by atoms with Gasteiger partial charge in [0, 0.05) is 6.92 Å². The Labute approximate surface area is 51.2 Å². The third kappa shape index (κ3) is 5.47. The number of esters is 1. The summed E-state index contributed by atoms with van der Waals surface area (Å²) in [5.41, 5.74) is 0. The van der Waals surface area contributed by atoms with Crippen LogP contribution < -0.4 is 0 Å². The number of carbonyl (C=O) groups is 1. The first kappa shape index (κ1) is 5.60. The summed E-state index contributed by atoms with van der Waals surface area (Å²) in [5.74, 6) is -0.372. The van der Waals surface area contributed by atoms with Gasteiger partial charge in [0.15, 0.2) is 0 Å². The predicted molar refractivity (Wildman–Crippen MR) is 31.5 cm³/mol. The smallest absolute Gasteiger partial charge is 0.302 e. The molecule has 0 aromatic carbocycles. The van der Waals surface area contributed by atoms with Crippen LogP contribution in [0, 0.1) is 0 Å². The number of hydrogen-bond acceptors (Lipinski definition) is 2. The lowest BCUT2D eigenvalue weighted by molar-refractivity contribution is -0.141. The van der Waals surface area contributed by atoms with Crippen molar-refractivity contribution in [3.63, 3.8) is 0 Å². The molecular weight excluding hydrogens is 104 g/mol. The Morgan fingerprint density at radius 1 is 1.88 bits per heavy atom. The molecule has 0 aliphatic rings. The highest BCUT2D eigenvalue weighted by Crippen LogP contribution is 1.86. The molecule has 0 aliphatic heterocycles. The zero-order chi connectivity index (χ0) is 7.28. The number of rotatable bonds is 3. The fourth-order valence-corrected chi connectivity index (χ4v) is 0.294. The van der Waals surface area contributed by atoms with Crippen LogP contribution in [0.2, 0.25) is 0 Å². The monoisotopic (exact) mass is 117 g/mol. The van der Waals surface area contributed by atoms with E-state index in [1.807, 2.05) is 6.92 Å². The minimum Gasteiger partial charge on any atom is -0.466 e. The summed E-state index contributed by atoms with van der Waals surface area (Å²) < 4.78 is 11.6. The Balaban J connectivity index is 3.26. The van der Waals surface area contributed by atoms with Crippen LogP contribution in [0.15, 0.2) is 0 Å². The molecule has 0 spiro atoms. The van der Waals surface area contributed by atoms with Gasteiger partial charge < -0.3 is 4.74 Å². The molecule has 1 atom stereocenters. The lowest BCUT2D eigenvalue weighted by Crippen LogP contribution is -1.99. The lowest BCUT2D eigenvalue weighted by atomic mass is 10.4. The van der Waals surface area contributed by atoms with Crippen molar-refractivity contribution in [3.05, 3.63) is 0 Å². The van der Waals surface area contributed by atoms with Crippen molar-refractivity contribution < 1.29 is 10.9 Å². The number of ether oxygens (including phenoxy) is 1. The molecular formula is C6H12O2. The Morgan fingerprint density at radius 3 is 2.88 bits per heavy atom. The molecule has 0 rings (SSSR count). The van der Waals surface area contributed by atoms with Crippen molar-refractivity contribution in [2.45, 2.75) is 26.7 Å². The Morgan fingerprint density at radius 2 is 2.50 bits per heavy atom. The fourth-order valence-electron chi connectivity index (χ4n) is 0.294. The van der Waals surface area contributed by atoms with Crippen LogP contribution in [0.1, 0.15) is 28.1 Å². The molecule has 0 amide bonds. The summed E-state index contributed by atoms with van der Waals surface area (Å²) in [6.07, 6.45) is 1.50. The van der Waals surface area contributed by atoms with Crippen molar-refractivity contribution in [1.82, 2.24) is 0 Å². The molecule has 2 heteroatoms. The summed E-state index contributed by atoms with van der Waals surface area (Å²) in [7, 11) is 0. The van der Waals surface area contributed by atoms with Crippen LogP contribution in [-0.2, 0) is 9.53 Å². The van der Waals surface area contributed by atoms with E-state index in [0.29, 0.717) is 6.42 Å². The molecule has 0 bridgehead atoms. The summed E-state index contributed by atoms with van der Waals surface area (Å²) in [6, 6.07) is 0. The molecule has 0 aromatic rings. The van der Waals surface area contributed by atoms with Gasteiger partial charge in [-0.25, -0.2) is 0 Å². The average molecular weight is 117 g/mol. The first-order valence-corrected chi connectivity index (χ1v) is 2.76. The third-order valence-electron chi connectivity index (χ3n) is 0.656. The highest BCUT2D eigenvalue weighted by Gasteiger charge is 1.88. The summed E-state index contributed by atoms with van der Waals surface area (Å²) in [5, 5.41) is 0. The molecule has 0 unspecified atom stereocenters. The Kier molecular flexibility index (Phi) is 3.24. The molecule has 8 heavy (non-hydrogen) atoms. The second kappa shape index (κ2) is 4.62. The van der Waals surface area contributed by atoms with Gasteiger partial charge in [0.2, 0.25) is 0 Å². The largest absolute Gasteiger partial charge is 0.466 e. The van der Waals surface area contributed by atoms with Crippen LogP contribution in [0.3, 0.4) is 0 Å². The van der Waals surface area contributed by atoms with Crippen molar-refractivity contribution >= 4 is 5.97 Å². The normalized spacial score (nSPS) is 14.5. The van der Waals surface area contributed by atoms with Gasteiger partial charge in [-0.1, -0.05) is 13.3 Å². The van der Waals surface area contributed by atoms with Crippen LogP contribution in [0.4, 0.5) is 0 Å². The minimum absolute atomic E-state index is 0.372. The molecule has 0 radical (unpaired) electrons. The van der Waals surface area contributed by atoms with E-state index in [1.165, 1.54) is 6.92 Å². The average Bonchev–Trinajstić information content (AvgIpc) is 1.63. The fraction of sp³-hybridized carbons (Fsp3) is 0.833. The molecule has 0 aromatic heterocycles. The van der Waals surface area contributed by atoms with Gasteiger partial charge in [-0.05, 0) is 6.42 Å². The third-order valence-corrected chi connectivity index (χ3v) is 0.656. The molecule has 0 heterocycles. The van der Waals surface area contributed by atoms with Gasteiger partial charge in [-0.3, -0.25) is 4.79 Å². The molecule has 0 fully saturated rings. The van der Waals surface area contributed by atoms with Crippen molar-refractivity contribution in [3.8, 4) is 0 Å². The van der Waals surface area contributed by atoms with E-state index >= 15 is 0 Å². The zero-order valence-electron chi connectivity index (χ0n) is 6.31. The predicted octanol–water partition coefficient (Wildman–Crippen LogP) is 1.35. The van der Waals surface area contributed by atoms with E-state index in [0.717, 1.165) is 6.42 Å². The maximum atomic E-state index is 10.2. The SMILES string of the molecule is [2H][C@@H](CCC)OC(C)=O. The molecule has 0 aliphatic carbocycles. The van der Waals surface area contributed by atoms with Crippen molar-refractivity contribution in [2.75, 3.05) is 6.58 Å². The summed E-state index contributed by atoms with van der Waals surface area (Å²) in [6.45, 7) is 2.61. The van der Waals surface area contributed by atoms with E-state index in [4.69, 9.17) is 1.37 Å². The Bertz CT molecular complexity index is 93.1. The van der Waals surface area contributed by atoms with Gasteiger partial charge in [-0.2, -0.15) is 0 Å². The highest BCUT2D eigenvalue weighted by atomic mass is 16.5. The van der Waals surface area contributed by atoms with Gasteiger partial charge in [0.25, 0.3) is 0 Å². The second-order valence-electron chi connectivity index (χ2n) is 1.56. The van der Waals surface area contributed by atoms with Crippen LogP contribution in [0.5, 0.6) is 0 Å². The molecule has 0 saturated heterocycles. The van der Waals surface area contributed by atoms with Crippen LogP contribution in [-0.4, -0.2) is 12.6 Å². The molecule has 0 saturated carbocycles. The summed E-state index contributed by atoms with van der Waals surface area (Å²) >= 11 is 0. The topological polar surface area (TPSA) is 26.3 Å². The van der Waals surface area contributed by atoms with E-state index in [2.05, 4.69) is 4.74 Å². The maximum absolute atomic E-state index is 10.2. The van der Waals surface area contributed by atoms with E-state index < -0.39 is 6.58 Å². The van der Waals surface area contributed by atoms with Gasteiger partial charge in [0.1, 0.15) is 0 Å². The van der Waals surface area contributed by atoms with E-state index in [-0.39, 0.29) is 5.97 Å². The van der Waals surface area contributed by atoms with Crippen molar-refractivity contribution in [1.29, 1.82) is 0 Å². The maximum Gasteiger partial charge on any atom is 0.302 e. The van der Waals surface area contributed by atoms with Gasteiger partial charge in [-0.15, -0.1) is 0 Å². The molecule has 2 nitrogen and oxygen atoms in total. The quantitative estimate of drug-likeness (QED) is 0.521. The highest BCUT2D eigenvalue weighted by molar-refractivity contribution is 5.65. The number of carbonyl (C=O) groups excluding carboxylic acids is 1. The van der Waals surface area contributed by atoms with Gasteiger partial charge in [0.05, 0.1) is 7.95 Å². The first-order chi connectivity index (χ1) is 4.16. The summed E-state index contributed by atoms with van der Waals surface area (Å²) in [4.78, 5) is 10.2. The molecule has 48 valence electrons. The Hall–Kier alpha value is -0.530. The second-order valence-corrected chi connectivity index (χ2v) is 1.56. The number of hydrogen-bond donors (Lipinski definition) is 0. The lowest BCUT2D eigenvalue weighted by Gasteiger charge is -1.96. The standard InChI is InChI=1S/C6H12O2/c1-3-4-5-8-6(2)7/h3-5H2,1-2H3/i5D/t5-/m0/s1.